The third-order valence-electron chi connectivity index (χ3n) is 3.57. The molecule has 0 bridgehead atoms. The molecule has 1 aromatic heterocycles. The van der Waals surface area contributed by atoms with Gasteiger partial charge in [0.15, 0.2) is 6.61 Å². The molecule has 0 fully saturated rings. The number of hydrogen-bond acceptors (Lipinski definition) is 5. The first kappa shape index (κ1) is 19.0. The number of benzene rings is 1. The summed E-state index contributed by atoms with van der Waals surface area (Å²) in [6.07, 6.45) is 3.31. The van der Waals surface area contributed by atoms with Crippen LogP contribution in [0.2, 0.25) is 5.02 Å². The standard InChI is InChI=1S/C18H23ClN4O2/c1-12(2)14-10-15(19)13(3)9-16(14)25-11-17(24)20-7-8-23-18-21-5-4-6-22-18/h4-6,9-10,12H,7-8,11H2,1-3H3,(H,20,24)(H,21,22,23). The van der Waals surface area contributed by atoms with Crippen molar-refractivity contribution in [2.24, 2.45) is 0 Å². The Labute approximate surface area is 153 Å². The number of ether oxygens (including phenoxy) is 1. The highest BCUT2D eigenvalue weighted by atomic mass is 35.5. The Kier molecular flexibility index (Phi) is 7.01. The van der Waals surface area contributed by atoms with E-state index >= 15 is 0 Å². The topological polar surface area (TPSA) is 76.1 Å². The number of aromatic nitrogens is 2. The van der Waals surface area contributed by atoms with Crippen LogP contribution in [0.3, 0.4) is 0 Å². The number of halogens is 1. The van der Waals surface area contributed by atoms with Crippen LogP contribution in [0, 0.1) is 6.92 Å². The molecule has 1 heterocycles. The number of aryl methyl sites for hydroxylation is 1. The Morgan fingerprint density at radius 1 is 1.24 bits per heavy atom. The molecule has 6 nitrogen and oxygen atoms in total. The Balaban J connectivity index is 1.79. The van der Waals surface area contributed by atoms with Gasteiger partial charge in [-0.2, -0.15) is 0 Å². The molecule has 1 amide bonds. The van der Waals surface area contributed by atoms with E-state index in [1.807, 2.05) is 19.1 Å². The summed E-state index contributed by atoms with van der Waals surface area (Å²) in [7, 11) is 0. The maximum absolute atomic E-state index is 11.9. The number of nitrogens with one attached hydrogen (secondary N) is 2. The van der Waals surface area contributed by atoms with Crippen LogP contribution in [-0.4, -0.2) is 35.6 Å². The molecule has 7 heteroatoms. The van der Waals surface area contributed by atoms with E-state index in [-0.39, 0.29) is 18.4 Å². The number of rotatable bonds is 8. The minimum atomic E-state index is -0.182. The number of anilines is 1. The van der Waals surface area contributed by atoms with E-state index in [2.05, 4.69) is 34.4 Å². The van der Waals surface area contributed by atoms with Gasteiger partial charge < -0.3 is 15.4 Å². The molecule has 25 heavy (non-hydrogen) atoms. The lowest BCUT2D eigenvalue weighted by Gasteiger charge is -2.16. The zero-order valence-electron chi connectivity index (χ0n) is 14.7. The summed E-state index contributed by atoms with van der Waals surface area (Å²) in [6.45, 7) is 6.99. The van der Waals surface area contributed by atoms with E-state index in [9.17, 15) is 4.79 Å². The van der Waals surface area contributed by atoms with Gasteiger partial charge in [-0.05, 0) is 42.2 Å². The molecular formula is C18H23ClN4O2. The predicted molar refractivity (Wildman–Crippen MR) is 99.3 cm³/mol. The van der Waals surface area contributed by atoms with Crippen molar-refractivity contribution < 1.29 is 9.53 Å². The zero-order valence-corrected chi connectivity index (χ0v) is 15.4. The molecule has 134 valence electrons. The van der Waals surface area contributed by atoms with E-state index in [4.69, 9.17) is 16.3 Å². The maximum Gasteiger partial charge on any atom is 0.258 e. The highest BCUT2D eigenvalue weighted by Crippen LogP contribution is 2.31. The number of nitrogens with zero attached hydrogens (tertiary/aromatic N) is 2. The Morgan fingerprint density at radius 3 is 2.64 bits per heavy atom. The molecule has 0 unspecified atom stereocenters. The fourth-order valence-electron chi connectivity index (χ4n) is 2.21. The largest absolute Gasteiger partial charge is 0.483 e. The van der Waals surface area contributed by atoms with Crippen LogP contribution < -0.4 is 15.4 Å². The SMILES string of the molecule is Cc1cc(OCC(=O)NCCNc2ncccn2)c(C(C)C)cc1Cl. The minimum absolute atomic E-state index is 0.0391. The lowest BCUT2D eigenvalue weighted by atomic mass is 10.0. The van der Waals surface area contributed by atoms with Crippen LogP contribution in [0.4, 0.5) is 5.95 Å². The molecule has 2 rings (SSSR count). The van der Waals surface area contributed by atoms with Gasteiger partial charge >= 0.3 is 0 Å². The molecule has 1 aromatic carbocycles. The number of hydrogen-bond donors (Lipinski definition) is 2. The van der Waals surface area contributed by atoms with Crippen LogP contribution in [0.1, 0.15) is 30.9 Å². The van der Waals surface area contributed by atoms with Crippen LogP contribution in [0.25, 0.3) is 0 Å². The molecule has 0 saturated carbocycles. The van der Waals surface area contributed by atoms with Crippen molar-refractivity contribution >= 4 is 23.5 Å². The fourth-order valence-corrected chi connectivity index (χ4v) is 2.38. The maximum atomic E-state index is 11.9. The van der Waals surface area contributed by atoms with Gasteiger partial charge in [0, 0.05) is 30.5 Å². The lowest BCUT2D eigenvalue weighted by molar-refractivity contribution is -0.123. The van der Waals surface area contributed by atoms with Gasteiger partial charge in [-0.15, -0.1) is 0 Å². The van der Waals surface area contributed by atoms with Crippen LogP contribution in [0.15, 0.2) is 30.6 Å². The normalized spacial score (nSPS) is 10.6. The summed E-state index contributed by atoms with van der Waals surface area (Å²) >= 11 is 6.18. The van der Waals surface area contributed by atoms with Gasteiger partial charge in [0.2, 0.25) is 5.95 Å². The van der Waals surface area contributed by atoms with Gasteiger partial charge in [-0.3, -0.25) is 4.79 Å². The summed E-state index contributed by atoms with van der Waals surface area (Å²) in [4.78, 5) is 20.0. The van der Waals surface area contributed by atoms with Gasteiger partial charge in [0.05, 0.1) is 0 Å². The molecule has 0 radical (unpaired) electrons. The first-order valence-electron chi connectivity index (χ1n) is 8.17. The number of amides is 1. The highest BCUT2D eigenvalue weighted by molar-refractivity contribution is 6.31. The first-order valence-corrected chi connectivity index (χ1v) is 8.55. The Morgan fingerprint density at radius 2 is 1.96 bits per heavy atom. The Hall–Kier alpha value is -2.34. The zero-order chi connectivity index (χ0) is 18.2. The second-order valence-corrected chi connectivity index (χ2v) is 6.34. The van der Waals surface area contributed by atoms with Crippen molar-refractivity contribution in [3.05, 3.63) is 46.7 Å². The van der Waals surface area contributed by atoms with E-state index in [0.29, 0.717) is 29.8 Å². The average molecular weight is 363 g/mol. The van der Waals surface area contributed by atoms with E-state index in [1.54, 1.807) is 18.5 Å². The van der Waals surface area contributed by atoms with Crippen molar-refractivity contribution in [3.63, 3.8) is 0 Å². The summed E-state index contributed by atoms with van der Waals surface area (Å²) in [6, 6.07) is 5.52. The monoisotopic (exact) mass is 362 g/mol. The third kappa shape index (κ3) is 5.90. The lowest BCUT2D eigenvalue weighted by Crippen LogP contribution is -2.33. The van der Waals surface area contributed by atoms with Gasteiger partial charge in [-0.1, -0.05) is 25.4 Å². The van der Waals surface area contributed by atoms with Crippen LogP contribution in [0.5, 0.6) is 5.75 Å². The fraction of sp³-hybridized carbons (Fsp3) is 0.389. The van der Waals surface area contributed by atoms with Crippen molar-refractivity contribution in [2.75, 3.05) is 25.0 Å². The van der Waals surface area contributed by atoms with E-state index in [0.717, 1.165) is 11.1 Å². The van der Waals surface area contributed by atoms with E-state index in [1.165, 1.54) is 0 Å². The summed E-state index contributed by atoms with van der Waals surface area (Å²) in [5.74, 6) is 1.30. The van der Waals surface area contributed by atoms with Crippen molar-refractivity contribution in [1.82, 2.24) is 15.3 Å². The molecular weight excluding hydrogens is 340 g/mol. The minimum Gasteiger partial charge on any atom is -0.483 e. The Bertz CT molecular complexity index is 708. The quantitative estimate of drug-likeness (QED) is 0.705. The predicted octanol–water partition coefficient (Wildman–Crippen LogP) is 3.17. The second-order valence-electron chi connectivity index (χ2n) is 5.93. The molecule has 0 aliphatic rings. The van der Waals surface area contributed by atoms with Gasteiger partial charge in [0.1, 0.15) is 5.75 Å². The van der Waals surface area contributed by atoms with Crippen LogP contribution in [-0.2, 0) is 4.79 Å². The van der Waals surface area contributed by atoms with Gasteiger partial charge in [0.25, 0.3) is 5.91 Å². The van der Waals surface area contributed by atoms with Crippen molar-refractivity contribution in [3.8, 4) is 5.75 Å². The molecule has 0 aliphatic carbocycles. The molecule has 2 N–H and O–H groups in total. The third-order valence-corrected chi connectivity index (χ3v) is 3.98. The summed E-state index contributed by atoms with van der Waals surface area (Å²) in [5, 5.41) is 6.51. The van der Waals surface area contributed by atoms with Gasteiger partial charge in [-0.25, -0.2) is 9.97 Å². The van der Waals surface area contributed by atoms with E-state index < -0.39 is 0 Å². The second kappa shape index (κ2) is 9.22. The summed E-state index contributed by atoms with van der Waals surface area (Å²) in [5.41, 5.74) is 1.92. The van der Waals surface area contributed by atoms with Crippen molar-refractivity contribution in [2.45, 2.75) is 26.7 Å². The van der Waals surface area contributed by atoms with Crippen LogP contribution >= 0.6 is 11.6 Å². The molecule has 0 spiro atoms. The highest BCUT2D eigenvalue weighted by Gasteiger charge is 2.12. The first-order chi connectivity index (χ1) is 12.0. The number of carbonyl (C=O) groups excluding carboxylic acids is 1. The molecule has 2 aromatic rings. The average Bonchev–Trinajstić information content (AvgIpc) is 2.60. The number of carbonyl (C=O) groups is 1. The van der Waals surface area contributed by atoms with Crippen molar-refractivity contribution in [1.29, 1.82) is 0 Å². The smallest absolute Gasteiger partial charge is 0.258 e. The molecule has 0 saturated heterocycles. The summed E-state index contributed by atoms with van der Waals surface area (Å²) < 4.78 is 5.70. The molecule has 0 atom stereocenters. The molecule has 0 aliphatic heterocycles.